The molecule has 31 heavy (non-hydrogen) atoms. The van der Waals surface area contributed by atoms with E-state index in [9.17, 15) is 0 Å². The van der Waals surface area contributed by atoms with Crippen molar-refractivity contribution in [2.75, 3.05) is 53.0 Å². The van der Waals surface area contributed by atoms with Gasteiger partial charge >= 0.3 is 0 Å². The lowest BCUT2D eigenvalue weighted by molar-refractivity contribution is -0.0164. The summed E-state index contributed by atoms with van der Waals surface area (Å²) in [5, 5.41) is 9.48. The van der Waals surface area contributed by atoms with Crippen LogP contribution < -0.4 is 15.4 Å². The van der Waals surface area contributed by atoms with Gasteiger partial charge in [-0.1, -0.05) is 30.3 Å². The van der Waals surface area contributed by atoms with E-state index in [2.05, 4.69) is 56.9 Å². The van der Waals surface area contributed by atoms with Crippen molar-refractivity contribution in [3.05, 3.63) is 42.5 Å². The van der Waals surface area contributed by atoms with Crippen LogP contribution in [-0.4, -0.2) is 69.4 Å². The van der Waals surface area contributed by atoms with Gasteiger partial charge in [-0.2, -0.15) is 0 Å². The number of ether oxygens (including phenoxy) is 2. The van der Waals surface area contributed by atoms with E-state index in [1.807, 2.05) is 13.1 Å². The van der Waals surface area contributed by atoms with Gasteiger partial charge in [0, 0.05) is 38.9 Å². The van der Waals surface area contributed by atoms with Crippen LogP contribution in [0.4, 0.5) is 0 Å². The van der Waals surface area contributed by atoms with Crippen LogP contribution in [0.2, 0.25) is 0 Å². The maximum Gasteiger partial charge on any atom is 0.191 e. The second-order valence-corrected chi connectivity index (χ2v) is 8.59. The largest absolute Gasteiger partial charge is 0.494 e. The quantitative estimate of drug-likeness (QED) is 0.386. The zero-order chi connectivity index (χ0) is 21.4. The van der Waals surface area contributed by atoms with Crippen molar-refractivity contribution in [2.45, 2.75) is 37.6 Å². The topological polar surface area (TPSA) is 58.1 Å². The normalized spacial score (nSPS) is 19.5. The molecule has 2 fully saturated rings. The molecule has 0 spiro atoms. The van der Waals surface area contributed by atoms with E-state index < -0.39 is 0 Å². The number of rotatable bonds is 8. The van der Waals surface area contributed by atoms with E-state index >= 15 is 0 Å². The van der Waals surface area contributed by atoms with Crippen LogP contribution in [0.1, 0.15) is 32.1 Å². The van der Waals surface area contributed by atoms with Crippen LogP contribution >= 0.6 is 0 Å². The number of guanidine groups is 1. The molecule has 0 amide bonds. The van der Waals surface area contributed by atoms with E-state index in [0.29, 0.717) is 6.61 Å². The standard InChI is InChI=1S/C25H36N4O2/c1-26-24(28-20-25(11-17-30-18-12-25)29-14-4-5-15-29)27-13-6-16-31-23-10-9-21-7-2-3-8-22(21)19-23/h2-3,7-10,19H,4-6,11-18,20H2,1H3,(H2,26,27,28). The summed E-state index contributed by atoms with van der Waals surface area (Å²) in [6.07, 6.45) is 5.73. The number of hydrogen-bond acceptors (Lipinski definition) is 4. The molecule has 2 aliphatic rings. The number of hydrogen-bond donors (Lipinski definition) is 2. The van der Waals surface area contributed by atoms with Gasteiger partial charge in [-0.15, -0.1) is 0 Å². The van der Waals surface area contributed by atoms with Crippen LogP contribution in [0.15, 0.2) is 47.5 Å². The molecule has 0 atom stereocenters. The lowest BCUT2D eigenvalue weighted by Crippen LogP contribution is -2.58. The molecule has 2 aliphatic heterocycles. The van der Waals surface area contributed by atoms with Gasteiger partial charge in [-0.05, 0) is 68.1 Å². The summed E-state index contributed by atoms with van der Waals surface area (Å²) in [6, 6.07) is 14.6. The highest BCUT2D eigenvalue weighted by Gasteiger charge is 2.39. The summed E-state index contributed by atoms with van der Waals surface area (Å²) in [5.74, 6) is 1.80. The van der Waals surface area contributed by atoms with Crippen LogP contribution in [-0.2, 0) is 4.74 Å². The first-order valence-corrected chi connectivity index (χ1v) is 11.7. The third-order valence-corrected chi connectivity index (χ3v) is 6.61. The highest BCUT2D eigenvalue weighted by atomic mass is 16.5. The predicted octanol–water partition coefficient (Wildman–Crippen LogP) is 3.42. The Kier molecular flexibility index (Phi) is 7.65. The molecule has 2 N–H and O–H groups in total. The van der Waals surface area contributed by atoms with Crippen molar-refractivity contribution in [2.24, 2.45) is 4.99 Å². The second-order valence-electron chi connectivity index (χ2n) is 8.59. The van der Waals surface area contributed by atoms with Gasteiger partial charge in [-0.25, -0.2) is 0 Å². The summed E-state index contributed by atoms with van der Waals surface area (Å²) in [5.41, 5.74) is 0.200. The summed E-state index contributed by atoms with van der Waals surface area (Å²) in [6.45, 7) is 6.56. The predicted molar refractivity (Wildman–Crippen MR) is 127 cm³/mol. The highest BCUT2D eigenvalue weighted by molar-refractivity contribution is 5.83. The molecule has 0 radical (unpaired) electrons. The van der Waals surface area contributed by atoms with Gasteiger partial charge in [-0.3, -0.25) is 9.89 Å². The van der Waals surface area contributed by atoms with Crippen molar-refractivity contribution >= 4 is 16.7 Å². The number of nitrogens with one attached hydrogen (secondary N) is 2. The Balaban J connectivity index is 1.20. The molecule has 0 aromatic heterocycles. The van der Waals surface area contributed by atoms with E-state index in [0.717, 1.165) is 57.3 Å². The van der Waals surface area contributed by atoms with Crippen molar-refractivity contribution < 1.29 is 9.47 Å². The Morgan fingerprint density at radius 3 is 2.61 bits per heavy atom. The monoisotopic (exact) mass is 424 g/mol. The number of likely N-dealkylation sites (tertiary alicyclic amines) is 1. The van der Waals surface area contributed by atoms with Crippen LogP contribution in [0.25, 0.3) is 10.8 Å². The van der Waals surface area contributed by atoms with Crippen LogP contribution in [0, 0.1) is 0 Å². The van der Waals surface area contributed by atoms with Gasteiger partial charge < -0.3 is 20.1 Å². The SMILES string of the molecule is CN=C(NCCCOc1ccc2ccccc2c1)NCC1(N2CCCC2)CCOCC1. The number of aliphatic imine (C=N–C) groups is 1. The third kappa shape index (κ3) is 5.69. The summed E-state index contributed by atoms with van der Waals surface area (Å²) >= 11 is 0. The Bertz CT molecular complexity index is 857. The van der Waals surface area contributed by atoms with E-state index in [-0.39, 0.29) is 5.54 Å². The molecule has 0 bridgehead atoms. The molecule has 2 heterocycles. The first kappa shape index (κ1) is 21.9. The Morgan fingerprint density at radius 2 is 1.84 bits per heavy atom. The van der Waals surface area contributed by atoms with E-state index in [1.54, 1.807) is 0 Å². The maximum atomic E-state index is 5.95. The fraction of sp³-hybridized carbons (Fsp3) is 0.560. The van der Waals surface area contributed by atoms with Gasteiger partial charge in [0.05, 0.1) is 6.61 Å². The molecule has 2 aromatic carbocycles. The number of nitrogens with zero attached hydrogens (tertiary/aromatic N) is 2. The van der Waals surface area contributed by atoms with Gasteiger partial charge in [0.25, 0.3) is 0 Å². The summed E-state index contributed by atoms with van der Waals surface area (Å²) < 4.78 is 11.6. The number of benzene rings is 2. The molecular formula is C25H36N4O2. The fourth-order valence-corrected chi connectivity index (χ4v) is 4.74. The fourth-order valence-electron chi connectivity index (χ4n) is 4.74. The molecule has 0 aliphatic carbocycles. The van der Waals surface area contributed by atoms with Crippen molar-refractivity contribution in [1.29, 1.82) is 0 Å². The average Bonchev–Trinajstić information content (AvgIpc) is 3.37. The minimum Gasteiger partial charge on any atom is -0.494 e. The van der Waals surface area contributed by atoms with E-state index in [4.69, 9.17) is 9.47 Å². The minimum absolute atomic E-state index is 0.200. The van der Waals surface area contributed by atoms with Crippen molar-refractivity contribution in [3.63, 3.8) is 0 Å². The Labute approximate surface area is 186 Å². The molecule has 6 heteroatoms. The number of fused-ring (bicyclic) bond motifs is 1. The second kappa shape index (κ2) is 10.8. The van der Waals surface area contributed by atoms with Crippen LogP contribution in [0.5, 0.6) is 5.75 Å². The Hall–Kier alpha value is -2.31. The highest BCUT2D eigenvalue weighted by Crippen LogP contribution is 2.30. The lowest BCUT2D eigenvalue weighted by Gasteiger charge is -2.45. The zero-order valence-electron chi connectivity index (χ0n) is 18.7. The first-order chi connectivity index (χ1) is 15.3. The average molecular weight is 425 g/mol. The summed E-state index contributed by atoms with van der Waals surface area (Å²) in [4.78, 5) is 7.10. The molecule has 4 rings (SSSR count). The molecule has 168 valence electrons. The van der Waals surface area contributed by atoms with Gasteiger partial charge in [0.15, 0.2) is 5.96 Å². The zero-order valence-corrected chi connectivity index (χ0v) is 18.7. The molecule has 0 saturated carbocycles. The smallest absolute Gasteiger partial charge is 0.191 e. The lowest BCUT2D eigenvalue weighted by atomic mass is 9.88. The van der Waals surface area contributed by atoms with Crippen molar-refractivity contribution in [1.82, 2.24) is 15.5 Å². The van der Waals surface area contributed by atoms with Crippen LogP contribution in [0.3, 0.4) is 0 Å². The molecule has 2 saturated heterocycles. The molecular weight excluding hydrogens is 388 g/mol. The minimum atomic E-state index is 0.200. The maximum absolute atomic E-state index is 5.95. The molecule has 0 unspecified atom stereocenters. The van der Waals surface area contributed by atoms with Gasteiger partial charge in [0.1, 0.15) is 5.75 Å². The first-order valence-electron chi connectivity index (χ1n) is 11.7. The van der Waals surface area contributed by atoms with Crippen molar-refractivity contribution in [3.8, 4) is 5.75 Å². The summed E-state index contributed by atoms with van der Waals surface area (Å²) in [7, 11) is 1.84. The Morgan fingerprint density at radius 1 is 1.06 bits per heavy atom. The molecule has 6 nitrogen and oxygen atoms in total. The molecule has 2 aromatic rings. The van der Waals surface area contributed by atoms with E-state index in [1.165, 1.54) is 36.7 Å². The van der Waals surface area contributed by atoms with Gasteiger partial charge in [0.2, 0.25) is 0 Å². The third-order valence-electron chi connectivity index (χ3n) is 6.61.